The average molecular weight is 587 g/mol. The molecule has 2 aromatic rings. The molecule has 0 saturated heterocycles. The summed E-state index contributed by atoms with van der Waals surface area (Å²) in [6.07, 6.45) is 0. The molecule has 0 saturated carbocycles. The molecule has 1 amide bonds. The number of carbonyl (C=O) groups is 1. The van der Waals surface area contributed by atoms with E-state index in [4.69, 9.17) is 33.0 Å². The van der Waals surface area contributed by atoms with Crippen molar-refractivity contribution >= 4 is 66.2 Å². The van der Waals surface area contributed by atoms with Crippen LogP contribution in [-0.2, 0) is 24.7 Å². The van der Waals surface area contributed by atoms with Crippen LogP contribution in [0.15, 0.2) is 55.5 Å². The molecule has 0 fully saturated rings. The van der Waals surface area contributed by atoms with Gasteiger partial charge in [0.15, 0.2) is 15.9 Å². The van der Waals surface area contributed by atoms with Crippen LogP contribution in [0.3, 0.4) is 0 Å². The number of aliphatic hydroxyl groups excluding tert-OH is 1. The Labute approximate surface area is 238 Å². The van der Waals surface area contributed by atoms with Gasteiger partial charge in [-0.1, -0.05) is 23.2 Å². The molecule has 0 spiro atoms. The third kappa shape index (κ3) is 6.44. The number of ether oxygens (including phenoxy) is 1. The van der Waals surface area contributed by atoms with Gasteiger partial charge < -0.3 is 14.4 Å². The van der Waals surface area contributed by atoms with Crippen molar-refractivity contribution in [2.75, 3.05) is 24.5 Å². The number of hydrazone groups is 1. The van der Waals surface area contributed by atoms with E-state index < -0.39 is 54.2 Å². The number of sulfone groups is 1. The van der Waals surface area contributed by atoms with Gasteiger partial charge in [-0.3, -0.25) is 4.79 Å². The predicted molar refractivity (Wildman–Crippen MR) is 125 cm³/mol. The van der Waals surface area contributed by atoms with Crippen LogP contribution >= 0.6 is 23.2 Å². The molecule has 1 heterocycles. The van der Waals surface area contributed by atoms with E-state index in [2.05, 4.69) is 15.3 Å². The molecular formula is C19H17Cl2N4NaO8S2. The SMILES string of the molecule is COc1ccc(S(=O)(=O)CCO)cc1N=NC1C(=O)N(c2cc(Cl)c(S(=O)(=O)[O-])cc2Cl)N=C1C.[Na+]. The summed E-state index contributed by atoms with van der Waals surface area (Å²) in [6.45, 7) is 0.911. The first-order chi connectivity index (χ1) is 16.3. The fourth-order valence-corrected chi connectivity index (χ4v) is 5.39. The number of hydrogen-bond acceptors (Lipinski definition) is 11. The van der Waals surface area contributed by atoms with Crippen LogP contribution in [0, 0.1) is 0 Å². The molecular weight excluding hydrogens is 570 g/mol. The Hall–Kier alpha value is -1.62. The quantitative estimate of drug-likeness (QED) is 0.245. The molecule has 1 atom stereocenters. The van der Waals surface area contributed by atoms with Crippen molar-refractivity contribution in [3.05, 3.63) is 40.4 Å². The predicted octanol–water partition coefficient (Wildman–Crippen LogP) is -0.449. The first-order valence-electron chi connectivity index (χ1n) is 9.56. The van der Waals surface area contributed by atoms with Crippen molar-refractivity contribution in [1.29, 1.82) is 0 Å². The molecule has 2 aromatic carbocycles. The summed E-state index contributed by atoms with van der Waals surface area (Å²) in [5.74, 6) is -1.03. The summed E-state index contributed by atoms with van der Waals surface area (Å²) in [7, 11) is -7.35. The minimum atomic E-state index is -4.90. The molecule has 1 unspecified atom stereocenters. The molecule has 3 rings (SSSR count). The number of carbonyl (C=O) groups excluding carboxylic acids is 1. The molecule has 1 aliphatic heterocycles. The number of benzene rings is 2. The maximum absolute atomic E-state index is 13.0. The summed E-state index contributed by atoms with van der Waals surface area (Å²) < 4.78 is 63.6. The number of rotatable bonds is 8. The van der Waals surface area contributed by atoms with Crippen LogP contribution in [0.1, 0.15) is 6.92 Å². The van der Waals surface area contributed by atoms with Gasteiger partial charge in [0.2, 0.25) is 0 Å². The number of hydrogen-bond donors (Lipinski definition) is 1. The Bertz CT molecular complexity index is 1470. The third-order valence-corrected chi connectivity index (χ3v) is 8.04. The summed E-state index contributed by atoms with van der Waals surface area (Å²) in [6, 6.07) is 4.44. The maximum atomic E-state index is 13.0. The summed E-state index contributed by atoms with van der Waals surface area (Å²) in [5.41, 5.74) is 0.118. The molecule has 12 nitrogen and oxygen atoms in total. The smallest absolute Gasteiger partial charge is 0.744 e. The van der Waals surface area contributed by atoms with Gasteiger partial charge in [-0.25, -0.2) is 16.8 Å². The van der Waals surface area contributed by atoms with Gasteiger partial charge in [-0.2, -0.15) is 20.3 Å². The molecule has 36 heavy (non-hydrogen) atoms. The average Bonchev–Trinajstić information content (AvgIpc) is 3.05. The van der Waals surface area contributed by atoms with E-state index in [1.807, 2.05) is 0 Å². The fraction of sp³-hybridized carbons (Fsp3) is 0.263. The Kier molecular flexibility index (Phi) is 10.1. The van der Waals surface area contributed by atoms with Crippen LogP contribution < -0.4 is 39.3 Å². The Balaban J connectivity index is 0.00000456. The number of amides is 1. The van der Waals surface area contributed by atoms with Crippen LogP contribution in [-0.4, -0.2) is 63.6 Å². The molecule has 188 valence electrons. The van der Waals surface area contributed by atoms with Crippen molar-refractivity contribution in [1.82, 2.24) is 0 Å². The molecule has 0 aromatic heterocycles. The Morgan fingerprint density at radius 1 is 1.17 bits per heavy atom. The van der Waals surface area contributed by atoms with Crippen molar-refractivity contribution in [2.45, 2.75) is 22.8 Å². The Morgan fingerprint density at radius 3 is 2.42 bits per heavy atom. The molecule has 1 N–H and O–H groups in total. The molecule has 0 radical (unpaired) electrons. The topological polar surface area (TPSA) is 178 Å². The molecule has 1 aliphatic rings. The maximum Gasteiger partial charge on any atom is 1.00 e. The van der Waals surface area contributed by atoms with Crippen LogP contribution in [0.4, 0.5) is 11.4 Å². The molecule has 0 bridgehead atoms. The van der Waals surface area contributed by atoms with Crippen molar-refractivity contribution in [3.8, 4) is 5.75 Å². The normalized spacial score (nSPS) is 16.3. The second-order valence-electron chi connectivity index (χ2n) is 7.07. The number of aliphatic hydroxyl groups is 1. The van der Waals surface area contributed by atoms with Gasteiger partial charge in [-0.05, 0) is 37.3 Å². The van der Waals surface area contributed by atoms with Crippen molar-refractivity contribution in [3.63, 3.8) is 0 Å². The number of anilines is 1. The second kappa shape index (κ2) is 11.8. The van der Waals surface area contributed by atoms with E-state index in [9.17, 15) is 26.2 Å². The summed E-state index contributed by atoms with van der Waals surface area (Å²) >= 11 is 12.0. The zero-order valence-corrected chi connectivity index (χ0v) is 24.2. The molecule has 0 aliphatic carbocycles. The largest absolute Gasteiger partial charge is 1.00 e. The summed E-state index contributed by atoms with van der Waals surface area (Å²) in [4.78, 5) is 12.1. The standard InChI is InChI=1S/C19H18Cl2N4O8S2.Na/c1-10-18(23-22-14-7-11(3-4-16(14)33-2)34(28,29)6-5-26)19(27)25(24-10)15-8-13(21)17(9-12(15)20)35(30,31)32;/h3-4,7-9,18,26H,5-6H2,1-2H3,(H,30,31,32);/q;+1/p-1. The first kappa shape index (κ1) is 30.6. The van der Waals surface area contributed by atoms with Gasteiger partial charge in [-0.15, -0.1) is 0 Å². The third-order valence-electron chi connectivity index (χ3n) is 4.75. The first-order valence-corrected chi connectivity index (χ1v) is 13.4. The number of methoxy groups -OCH3 is 1. The summed E-state index contributed by atoms with van der Waals surface area (Å²) in [5, 5.41) is 21.1. The second-order valence-corrected chi connectivity index (χ2v) is 11.3. The Morgan fingerprint density at radius 2 is 1.83 bits per heavy atom. The fourth-order valence-electron chi connectivity index (χ4n) is 3.03. The van der Waals surface area contributed by atoms with E-state index in [1.165, 1.54) is 32.2 Å². The van der Waals surface area contributed by atoms with Crippen molar-refractivity contribution in [2.24, 2.45) is 15.3 Å². The molecule has 17 heteroatoms. The minimum absolute atomic E-state index is 0. The van der Waals surface area contributed by atoms with Gasteiger partial charge in [0, 0.05) is 0 Å². The van der Waals surface area contributed by atoms with E-state index in [1.54, 1.807) is 0 Å². The van der Waals surface area contributed by atoms with Gasteiger partial charge in [0.1, 0.15) is 21.6 Å². The van der Waals surface area contributed by atoms with Crippen LogP contribution in [0.2, 0.25) is 10.0 Å². The van der Waals surface area contributed by atoms with Crippen LogP contribution in [0.5, 0.6) is 5.75 Å². The van der Waals surface area contributed by atoms with E-state index in [0.29, 0.717) is 0 Å². The van der Waals surface area contributed by atoms with Gasteiger partial charge >= 0.3 is 29.6 Å². The number of nitrogens with zero attached hydrogens (tertiary/aromatic N) is 4. The van der Waals surface area contributed by atoms with E-state index in [-0.39, 0.29) is 62.3 Å². The number of azo groups is 1. The number of halogens is 2. The van der Waals surface area contributed by atoms with Crippen molar-refractivity contribution < 1.29 is 65.6 Å². The van der Waals surface area contributed by atoms with Gasteiger partial charge in [0.25, 0.3) is 5.91 Å². The zero-order chi connectivity index (χ0) is 26.1. The monoisotopic (exact) mass is 586 g/mol. The minimum Gasteiger partial charge on any atom is -0.744 e. The van der Waals surface area contributed by atoms with E-state index in [0.717, 1.165) is 17.1 Å². The zero-order valence-electron chi connectivity index (χ0n) is 19.0. The van der Waals surface area contributed by atoms with Crippen LogP contribution in [0.25, 0.3) is 0 Å². The van der Waals surface area contributed by atoms with Gasteiger partial charge in [0.05, 0.1) is 50.7 Å². The van der Waals surface area contributed by atoms with E-state index >= 15 is 0 Å².